The van der Waals surface area contributed by atoms with Crippen molar-refractivity contribution in [2.45, 2.75) is 11.1 Å². The summed E-state index contributed by atoms with van der Waals surface area (Å²) in [6, 6.07) is 4.31. The number of hydrogen-bond donors (Lipinski definition) is 2. The highest BCUT2D eigenvalue weighted by atomic mass is 32.2. The highest BCUT2D eigenvalue weighted by Crippen LogP contribution is 2.33. The Labute approximate surface area is 143 Å². The summed E-state index contributed by atoms with van der Waals surface area (Å²) in [7, 11) is -4.11. The molecule has 11 heteroatoms. The third-order valence-corrected chi connectivity index (χ3v) is 5.15. The van der Waals surface area contributed by atoms with Crippen molar-refractivity contribution in [1.82, 2.24) is 15.1 Å². The summed E-state index contributed by atoms with van der Waals surface area (Å²) < 4.78 is 70.9. The fourth-order valence-electron chi connectivity index (χ4n) is 2.55. The minimum atomic E-state index is -4.52. The first-order chi connectivity index (χ1) is 12.3. The molecule has 0 radical (unpaired) electrons. The summed E-state index contributed by atoms with van der Waals surface area (Å²) in [6.07, 6.45) is -0.576. The average Bonchev–Trinajstić information content (AvgIpc) is 3.18. The van der Waals surface area contributed by atoms with E-state index in [2.05, 4.69) is 19.8 Å². The van der Waals surface area contributed by atoms with Gasteiger partial charge < -0.3 is 9.51 Å². The fraction of sp³-hybridized carbons (Fsp3) is 0.0667. The van der Waals surface area contributed by atoms with Crippen LogP contribution in [0.15, 0.2) is 52.3 Å². The zero-order chi connectivity index (χ0) is 18.5. The average molecular weight is 382 g/mol. The van der Waals surface area contributed by atoms with Gasteiger partial charge in [0.2, 0.25) is 0 Å². The third-order valence-electron chi connectivity index (χ3n) is 3.77. The zero-order valence-corrected chi connectivity index (χ0v) is 13.5. The van der Waals surface area contributed by atoms with Gasteiger partial charge in [0.05, 0.1) is 17.1 Å². The van der Waals surface area contributed by atoms with Crippen molar-refractivity contribution in [2.24, 2.45) is 0 Å². The molecule has 0 unspecified atom stereocenters. The van der Waals surface area contributed by atoms with E-state index in [1.165, 1.54) is 18.5 Å². The predicted molar refractivity (Wildman–Crippen MR) is 85.9 cm³/mol. The second-order valence-corrected chi connectivity index (χ2v) is 7.07. The number of nitrogens with zero attached hydrogens (tertiary/aromatic N) is 2. The molecule has 1 aromatic carbocycles. The van der Waals surface area contributed by atoms with Gasteiger partial charge in [-0.15, -0.1) is 0 Å². The van der Waals surface area contributed by atoms with Crippen LogP contribution < -0.4 is 4.72 Å². The molecule has 4 aromatic rings. The van der Waals surface area contributed by atoms with E-state index in [-0.39, 0.29) is 21.6 Å². The number of anilines is 1. The van der Waals surface area contributed by atoms with E-state index in [1.54, 1.807) is 0 Å². The molecule has 0 atom stereocenters. The second kappa shape index (κ2) is 5.46. The van der Waals surface area contributed by atoms with Crippen LogP contribution >= 0.6 is 0 Å². The van der Waals surface area contributed by atoms with Gasteiger partial charge in [0.1, 0.15) is 4.90 Å². The summed E-state index contributed by atoms with van der Waals surface area (Å²) in [4.78, 5) is 6.18. The first-order valence-corrected chi connectivity index (χ1v) is 8.64. The van der Waals surface area contributed by atoms with Gasteiger partial charge in [0.25, 0.3) is 10.0 Å². The van der Waals surface area contributed by atoms with E-state index >= 15 is 0 Å². The summed E-state index contributed by atoms with van der Waals surface area (Å²) in [5, 5.41) is 4.18. The summed E-state index contributed by atoms with van der Waals surface area (Å²) in [6.45, 7) is 0. The minimum Gasteiger partial charge on any atom is -0.360 e. The van der Waals surface area contributed by atoms with Gasteiger partial charge in [-0.25, -0.2) is 8.42 Å². The van der Waals surface area contributed by atoms with Gasteiger partial charge in [-0.05, 0) is 18.2 Å². The van der Waals surface area contributed by atoms with Crippen molar-refractivity contribution in [1.29, 1.82) is 0 Å². The van der Waals surface area contributed by atoms with E-state index in [1.807, 2.05) is 0 Å². The fourth-order valence-corrected chi connectivity index (χ4v) is 3.74. The molecule has 4 rings (SSSR count). The lowest BCUT2D eigenvalue weighted by Gasteiger charge is -2.07. The summed E-state index contributed by atoms with van der Waals surface area (Å²) >= 11 is 0. The Hall–Kier alpha value is -3.08. The van der Waals surface area contributed by atoms with Crippen LogP contribution in [0.25, 0.3) is 21.9 Å². The van der Waals surface area contributed by atoms with Gasteiger partial charge in [-0.1, -0.05) is 11.2 Å². The maximum Gasteiger partial charge on any atom is 0.416 e. The molecule has 7 nitrogen and oxygen atoms in total. The van der Waals surface area contributed by atoms with Crippen LogP contribution in [0.2, 0.25) is 0 Å². The molecule has 0 aliphatic heterocycles. The first kappa shape index (κ1) is 16.4. The molecular weight excluding hydrogens is 373 g/mol. The van der Waals surface area contributed by atoms with Crippen LogP contribution in [0, 0.1) is 0 Å². The second-order valence-electron chi connectivity index (χ2n) is 5.42. The number of nitrogens with one attached hydrogen (secondary N) is 2. The Morgan fingerprint density at radius 2 is 1.96 bits per heavy atom. The number of alkyl halides is 3. The van der Waals surface area contributed by atoms with E-state index in [9.17, 15) is 21.6 Å². The number of sulfonamides is 1. The molecule has 134 valence electrons. The van der Waals surface area contributed by atoms with E-state index in [0.717, 1.165) is 24.4 Å². The SMILES string of the molecule is O=S(=O)(Nc1noc2cnccc12)c1c[nH]c2cc(C(F)(F)F)ccc12. The number of halogens is 3. The largest absolute Gasteiger partial charge is 0.416 e. The Morgan fingerprint density at radius 3 is 2.73 bits per heavy atom. The summed E-state index contributed by atoms with van der Waals surface area (Å²) in [5.41, 5.74) is -0.535. The zero-order valence-electron chi connectivity index (χ0n) is 12.7. The lowest BCUT2D eigenvalue weighted by Crippen LogP contribution is -2.13. The van der Waals surface area contributed by atoms with Gasteiger partial charge in [0.15, 0.2) is 11.4 Å². The molecule has 0 amide bonds. The lowest BCUT2D eigenvalue weighted by atomic mass is 10.1. The third kappa shape index (κ3) is 2.65. The van der Waals surface area contributed by atoms with Crippen molar-refractivity contribution in [3.8, 4) is 0 Å². The molecule has 3 aromatic heterocycles. The van der Waals surface area contributed by atoms with E-state index < -0.39 is 21.8 Å². The Balaban J connectivity index is 1.76. The Kier molecular flexibility index (Phi) is 3.44. The van der Waals surface area contributed by atoms with Crippen molar-refractivity contribution in [3.05, 3.63) is 48.4 Å². The van der Waals surface area contributed by atoms with Gasteiger partial charge in [0, 0.05) is 23.3 Å². The number of hydrogen-bond acceptors (Lipinski definition) is 5. The number of fused-ring (bicyclic) bond motifs is 2. The van der Waals surface area contributed by atoms with Crippen molar-refractivity contribution in [2.75, 3.05) is 4.72 Å². The van der Waals surface area contributed by atoms with E-state index in [0.29, 0.717) is 11.0 Å². The topological polar surface area (TPSA) is 101 Å². The molecule has 0 saturated heterocycles. The molecular formula is C15H9F3N4O3S. The van der Waals surface area contributed by atoms with Crippen LogP contribution in [0.3, 0.4) is 0 Å². The number of rotatable bonds is 3. The number of pyridine rings is 1. The Morgan fingerprint density at radius 1 is 1.15 bits per heavy atom. The number of benzene rings is 1. The molecule has 2 N–H and O–H groups in total. The van der Waals surface area contributed by atoms with Crippen molar-refractivity contribution < 1.29 is 26.1 Å². The maximum absolute atomic E-state index is 12.8. The molecule has 0 bridgehead atoms. The van der Waals surface area contributed by atoms with Crippen LogP contribution in [0.1, 0.15) is 5.56 Å². The van der Waals surface area contributed by atoms with Gasteiger partial charge in [-0.3, -0.25) is 9.71 Å². The van der Waals surface area contributed by atoms with Crippen molar-refractivity contribution in [3.63, 3.8) is 0 Å². The Bertz CT molecular complexity index is 1230. The molecule has 26 heavy (non-hydrogen) atoms. The van der Waals surface area contributed by atoms with Crippen LogP contribution in [0.5, 0.6) is 0 Å². The standard InChI is InChI=1S/C15H9F3N4O3S/c16-15(17,18)8-1-2-9-11(5-8)20-7-13(9)26(23,24)22-14-10-3-4-19-6-12(10)25-21-14/h1-7,20H,(H,21,22). The maximum atomic E-state index is 12.8. The molecule has 0 aliphatic carbocycles. The van der Waals surface area contributed by atoms with Gasteiger partial charge in [-0.2, -0.15) is 13.2 Å². The predicted octanol–water partition coefficient (Wildman–Crippen LogP) is 3.52. The monoisotopic (exact) mass is 382 g/mol. The highest BCUT2D eigenvalue weighted by molar-refractivity contribution is 7.93. The van der Waals surface area contributed by atoms with E-state index in [4.69, 9.17) is 4.52 Å². The molecule has 3 heterocycles. The first-order valence-electron chi connectivity index (χ1n) is 7.16. The van der Waals surface area contributed by atoms with Gasteiger partial charge >= 0.3 is 6.18 Å². The van der Waals surface area contributed by atoms with Crippen LogP contribution in [0.4, 0.5) is 19.0 Å². The smallest absolute Gasteiger partial charge is 0.360 e. The molecule has 0 saturated carbocycles. The normalized spacial score (nSPS) is 12.7. The highest BCUT2D eigenvalue weighted by Gasteiger charge is 2.31. The van der Waals surface area contributed by atoms with Crippen molar-refractivity contribution >= 4 is 37.7 Å². The molecule has 0 aliphatic rings. The van der Waals surface area contributed by atoms with Crippen LogP contribution in [-0.4, -0.2) is 23.5 Å². The quantitative estimate of drug-likeness (QED) is 0.565. The summed E-state index contributed by atoms with van der Waals surface area (Å²) in [5.74, 6) is -0.0383. The number of H-pyrrole nitrogens is 1. The number of aromatic amines is 1. The molecule has 0 spiro atoms. The van der Waals surface area contributed by atoms with Crippen LogP contribution in [-0.2, 0) is 16.2 Å². The minimum absolute atomic E-state index is 0.0383. The lowest BCUT2D eigenvalue weighted by molar-refractivity contribution is -0.137. The molecule has 0 fully saturated rings. The number of aromatic nitrogens is 3.